The standard InChI is InChI=1S/C19H21ClN4O2S2/c1-18(2)17(21)23-19(3,10-28(18)25)16-11(20)8-13(27-16)12-9-24-14(22-12)6-5-7-15(24)26-4/h5-9H,10H2,1-4H3,(H2,21,23)/t19-,28?/m0/s1. The van der Waals surface area contributed by atoms with Crippen molar-refractivity contribution in [2.45, 2.75) is 31.1 Å². The lowest BCUT2D eigenvalue weighted by atomic mass is 10.00. The summed E-state index contributed by atoms with van der Waals surface area (Å²) >= 11 is 6.91. The zero-order valence-corrected chi connectivity index (χ0v) is 18.4. The average molecular weight is 437 g/mol. The fourth-order valence-corrected chi connectivity index (χ4v) is 6.36. The topological polar surface area (TPSA) is 85.5 Å². The number of nitrogens with zero attached hydrogens (tertiary/aromatic N) is 2. The van der Waals surface area contributed by atoms with E-state index in [0.29, 0.717) is 16.7 Å². The van der Waals surface area contributed by atoms with Gasteiger partial charge in [0.15, 0.2) is 16.5 Å². The Bertz CT molecular complexity index is 1080. The van der Waals surface area contributed by atoms with E-state index in [4.69, 9.17) is 21.7 Å². The number of ether oxygens (including phenoxy) is 1. The van der Waals surface area contributed by atoms with Crippen LogP contribution in [0.5, 0.6) is 5.88 Å². The van der Waals surface area contributed by atoms with Gasteiger partial charge in [-0.2, -0.15) is 0 Å². The van der Waals surface area contributed by atoms with Crippen LogP contribution in [0.25, 0.3) is 16.2 Å². The zero-order valence-electron chi connectivity index (χ0n) is 16.0. The van der Waals surface area contributed by atoms with E-state index in [1.54, 1.807) is 7.11 Å². The molecule has 3 aromatic rings. The summed E-state index contributed by atoms with van der Waals surface area (Å²) in [4.78, 5) is 6.45. The largest absolute Gasteiger partial charge is 0.616 e. The lowest BCUT2D eigenvalue weighted by Crippen LogP contribution is -2.63. The summed E-state index contributed by atoms with van der Waals surface area (Å²) in [7, 11) is 1.63. The molecule has 3 aromatic heterocycles. The van der Waals surface area contributed by atoms with Gasteiger partial charge in [-0.1, -0.05) is 17.7 Å². The third kappa shape index (κ3) is 2.99. The smallest absolute Gasteiger partial charge is 0.198 e. The van der Waals surface area contributed by atoms with Gasteiger partial charge in [0, 0.05) is 6.20 Å². The number of hydrogen-bond donors (Lipinski definition) is 2. The Kier molecular flexibility index (Phi) is 4.65. The number of halogens is 1. The number of fused-ring (bicyclic) bond motifs is 1. The lowest BCUT2D eigenvalue weighted by molar-refractivity contribution is 0.392. The van der Waals surface area contributed by atoms with Gasteiger partial charge in [0.25, 0.3) is 0 Å². The Labute approximate surface area is 175 Å². The predicted octanol–water partition coefficient (Wildman–Crippen LogP) is 4.05. The molecule has 148 valence electrons. The van der Waals surface area contributed by atoms with Gasteiger partial charge in [0.2, 0.25) is 0 Å². The van der Waals surface area contributed by atoms with Gasteiger partial charge in [-0.3, -0.25) is 9.81 Å². The first-order valence-corrected chi connectivity index (χ1v) is 11.2. The molecular formula is C19H21ClN4O2S2. The molecule has 2 atom stereocenters. The van der Waals surface area contributed by atoms with E-state index in [1.165, 1.54) is 11.3 Å². The fraction of sp³-hybridized carbons (Fsp3) is 0.368. The molecule has 9 heteroatoms. The second kappa shape index (κ2) is 6.66. The highest BCUT2D eigenvalue weighted by Gasteiger charge is 2.50. The van der Waals surface area contributed by atoms with E-state index in [9.17, 15) is 4.55 Å². The number of hydrogen-bond acceptors (Lipinski definition) is 5. The SMILES string of the molecule is COc1cccc2nc(-c3cc(Cl)c([C@]4(C)C[S+]([O-])C(C)(C)C(=N)N4)s3)cn12. The van der Waals surface area contributed by atoms with Crippen LogP contribution in [0.4, 0.5) is 0 Å². The number of pyridine rings is 1. The minimum atomic E-state index is -1.19. The lowest BCUT2D eigenvalue weighted by Gasteiger charge is -2.43. The molecule has 1 aliphatic rings. The molecule has 1 fully saturated rings. The van der Waals surface area contributed by atoms with Crippen LogP contribution in [0, 0.1) is 5.41 Å². The minimum absolute atomic E-state index is 0.267. The number of thiophene rings is 1. The van der Waals surface area contributed by atoms with Crippen LogP contribution in [0.15, 0.2) is 30.5 Å². The summed E-state index contributed by atoms with van der Waals surface area (Å²) in [6, 6.07) is 7.57. The van der Waals surface area contributed by atoms with E-state index < -0.39 is 21.5 Å². The highest BCUT2D eigenvalue weighted by atomic mass is 35.5. The molecule has 28 heavy (non-hydrogen) atoms. The number of nitrogens with one attached hydrogen (secondary N) is 2. The highest BCUT2D eigenvalue weighted by molar-refractivity contribution is 7.93. The maximum absolute atomic E-state index is 12.8. The Morgan fingerprint density at radius 1 is 1.39 bits per heavy atom. The normalized spacial score (nSPS) is 24.4. The first-order valence-electron chi connectivity index (χ1n) is 8.74. The van der Waals surface area contributed by atoms with Crippen molar-refractivity contribution < 1.29 is 9.29 Å². The molecule has 0 aliphatic carbocycles. The maximum atomic E-state index is 12.8. The van der Waals surface area contributed by atoms with Crippen LogP contribution in [-0.2, 0) is 16.7 Å². The summed E-state index contributed by atoms with van der Waals surface area (Å²) in [5.41, 5.74) is 0.916. The van der Waals surface area contributed by atoms with Crippen LogP contribution in [0.2, 0.25) is 5.02 Å². The van der Waals surface area contributed by atoms with Gasteiger partial charge in [0.05, 0.1) is 27.6 Å². The monoisotopic (exact) mass is 436 g/mol. The second-order valence-electron chi connectivity index (χ2n) is 7.54. The van der Waals surface area contributed by atoms with E-state index in [-0.39, 0.29) is 5.84 Å². The Balaban J connectivity index is 1.74. The Morgan fingerprint density at radius 3 is 2.82 bits per heavy atom. The van der Waals surface area contributed by atoms with Gasteiger partial charge in [-0.25, -0.2) is 4.98 Å². The molecule has 1 unspecified atom stereocenters. The van der Waals surface area contributed by atoms with E-state index in [1.807, 2.05) is 55.6 Å². The number of aromatic nitrogens is 2. The van der Waals surface area contributed by atoms with Crippen molar-refractivity contribution in [3.8, 4) is 16.5 Å². The third-order valence-electron chi connectivity index (χ3n) is 5.10. The van der Waals surface area contributed by atoms with Gasteiger partial charge >= 0.3 is 0 Å². The van der Waals surface area contributed by atoms with Crippen LogP contribution in [-0.4, -0.2) is 37.4 Å². The fourth-order valence-electron chi connectivity index (χ4n) is 3.28. The van der Waals surface area contributed by atoms with Crippen LogP contribution in [0.3, 0.4) is 0 Å². The number of rotatable bonds is 3. The molecule has 6 nitrogen and oxygen atoms in total. The summed E-state index contributed by atoms with van der Waals surface area (Å²) in [6.45, 7) is 5.59. The first kappa shape index (κ1) is 19.6. The Morgan fingerprint density at radius 2 is 2.14 bits per heavy atom. The molecule has 1 aliphatic heterocycles. The molecule has 4 heterocycles. The summed E-state index contributed by atoms with van der Waals surface area (Å²) in [6.07, 6.45) is 1.92. The molecule has 0 amide bonds. The van der Waals surface area contributed by atoms with Crippen molar-refractivity contribution in [1.29, 1.82) is 5.41 Å². The van der Waals surface area contributed by atoms with Gasteiger partial charge in [-0.05, 0) is 50.1 Å². The third-order valence-corrected chi connectivity index (χ3v) is 9.11. The number of imidazole rings is 1. The zero-order chi connectivity index (χ0) is 20.3. The van der Waals surface area contributed by atoms with Gasteiger partial charge in [0.1, 0.15) is 16.9 Å². The quantitative estimate of drug-likeness (QED) is 0.606. The number of methoxy groups -OCH3 is 1. The van der Waals surface area contributed by atoms with E-state index in [2.05, 4.69) is 10.3 Å². The average Bonchev–Trinajstić information content (AvgIpc) is 3.23. The molecular weight excluding hydrogens is 416 g/mol. The highest BCUT2D eigenvalue weighted by Crippen LogP contribution is 2.43. The summed E-state index contributed by atoms with van der Waals surface area (Å²) < 4.78 is 19.3. The first-order chi connectivity index (χ1) is 13.2. The minimum Gasteiger partial charge on any atom is -0.616 e. The van der Waals surface area contributed by atoms with Gasteiger partial charge < -0.3 is 14.6 Å². The predicted molar refractivity (Wildman–Crippen MR) is 115 cm³/mol. The van der Waals surface area contributed by atoms with E-state index >= 15 is 0 Å². The van der Waals surface area contributed by atoms with Crippen LogP contribution < -0.4 is 10.1 Å². The number of amidine groups is 1. The second-order valence-corrected chi connectivity index (χ2v) is 11.0. The van der Waals surface area contributed by atoms with Crippen molar-refractivity contribution in [1.82, 2.24) is 14.7 Å². The summed E-state index contributed by atoms with van der Waals surface area (Å²) in [5.74, 6) is 1.36. The molecule has 0 radical (unpaired) electrons. The van der Waals surface area contributed by atoms with Gasteiger partial charge in [-0.15, -0.1) is 11.3 Å². The molecule has 0 spiro atoms. The van der Waals surface area contributed by atoms with Crippen molar-refractivity contribution in [2.24, 2.45) is 0 Å². The van der Waals surface area contributed by atoms with Crippen LogP contribution >= 0.6 is 22.9 Å². The summed E-state index contributed by atoms with van der Waals surface area (Å²) in [5, 5.41) is 12.2. The molecule has 0 saturated carbocycles. The maximum Gasteiger partial charge on any atom is 0.198 e. The Hall–Kier alpha value is -1.74. The van der Waals surface area contributed by atoms with Crippen molar-refractivity contribution in [2.75, 3.05) is 12.9 Å². The molecule has 0 bridgehead atoms. The van der Waals surface area contributed by atoms with Crippen LogP contribution in [0.1, 0.15) is 25.6 Å². The van der Waals surface area contributed by atoms with Crippen molar-refractivity contribution >= 4 is 45.6 Å². The molecule has 0 aromatic carbocycles. The van der Waals surface area contributed by atoms with Crippen molar-refractivity contribution in [3.63, 3.8) is 0 Å². The van der Waals surface area contributed by atoms with Crippen molar-refractivity contribution in [3.05, 3.63) is 40.4 Å². The molecule has 1 saturated heterocycles. The molecule has 4 rings (SSSR count). The van der Waals surface area contributed by atoms with E-state index in [0.717, 1.165) is 21.1 Å². The molecule has 2 N–H and O–H groups in total.